The number of hydrogen-bond donors (Lipinski definition) is 2. The fourth-order valence-corrected chi connectivity index (χ4v) is 5.16. The number of sulfonamides is 1. The molecule has 10 heteroatoms. The van der Waals surface area contributed by atoms with Crippen LogP contribution in [0.1, 0.15) is 46.3 Å². The van der Waals surface area contributed by atoms with Gasteiger partial charge in [-0.3, -0.25) is 4.79 Å². The minimum atomic E-state index is -4.26. The third kappa shape index (κ3) is 5.54. The van der Waals surface area contributed by atoms with Gasteiger partial charge in [0.05, 0.1) is 0 Å². The van der Waals surface area contributed by atoms with Crippen molar-refractivity contribution in [1.29, 1.82) is 0 Å². The molecule has 3 heterocycles. The van der Waals surface area contributed by atoms with Crippen LogP contribution in [-0.4, -0.2) is 37.4 Å². The molecular weight excluding hydrogens is 466 g/mol. The Morgan fingerprint density at radius 3 is 2.34 bits per heavy atom. The Bertz CT molecular complexity index is 1350. The van der Waals surface area contributed by atoms with Crippen molar-refractivity contribution < 1.29 is 17.9 Å². The zero-order valence-electron chi connectivity index (χ0n) is 20.0. The molecule has 0 atom stereocenters. The summed E-state index contributed by atoms with van der Waals surface area (Å²) in [7, 11) is -4.26. The lowest BCUT2D eigenvalue weighted by atomic mass is 10.1. The van der Waals surface area contributed by atoms with Crippen molar-refractivity contribution in [3.63, 3.8) is 0 Å². The number of piperidine rings is 1. The van der Waals surface area contributed by atoms with Crippen molar-refractivity contribution in [3.8, 4) is 11.6 Å². The quantitative estimate of drug-likeness (QED) is 0.527. The van der Waals surface area contributed by atoms with E-state index in [1.807, 2.05) is 32.9 Å². The molecule has 1 aliphatic heterocycles. The summed E-state index contributed by atoms with van der Waals surface area (Å²) in [6.45, 7) is 7.54. The number of rotatable bonds is 6. The van der Waals surface area contributed by atoms with Gasteiger partial charge in [0.25, 0.3) is 15.9 Å². The molecule has 1 aromatic carbocycles. The largest absolute Gasteiger partial charge is 0.438 e. The summed E-state index contributed by atoms with van der Waals surface area (Å²) in [6, 6.07) is 11.4. The Morgan fingerprint density at radius 2 is 1.69 bits per heavy atom. The maximum atomic E-state index is 13.2. The first-order valence-electron chi connectivity index (χ1n) is 11.5. The summed E-state index contributed by atoms with van der Waals surface area (Å²) in [5.41, 5.74) is 8.46. The average Bonchev–Trinajstić information content (AvgIpc) is 2.81. The average molecular weight is 496 g/mol. The van der Waals surface area contributed by atoms with Gasteiger partial charge < -0.3 is 15.4 Å². The minimum Gasteiger partial charge on any atom is -0.438 e. The molecule has 0 spiro atoms. The summed E-state index contributed by atoms with van der Waals surface area (Å²) < 4.78 is 33.8. The third-order valence-electron chi connectivity index (χ3n) is 5.82. The van der Waals surface area contributed by atoms with E-state index in [2.05, 4.69) is 19.6 Å². The van der Waals surface area contributed by atoms with Crippen molar-refractivity contribution in [1.82, 2.24) is 14.7 Å². The van der Waals surface area contributed by atoms with Crippen LogP contribution >= 0.6 is 0 Å². The van der Waals surface area contributed by atoms with Crippen LogP contribution in [-0.2, 0) is 10.0 Å². The molecule has 0 bridgehead atoms. The lowest BCUT2D eigenvalue weighted by Crippen LogP contribution is -2.32. The molecule has 0 unspecified atom stereocenters. The van der Waals surface area contributed by atoms with E-state index in [-0.39, 0.29) is 22.3 Å². The molecule has 1 aliphatic rings. The first kappa shape index (κ1) is 24.5. The molecule has 184 valence electrons. The summed E-state index contributed by atoms with van der Waals surface area (Å²) in [4.78, 5) is 23.8. The SMILES string of the molecule is Cc1cc(C)c(Oc2nc(N3CCCCC3)ccc2C(=O)NS(=O)(=O)c2cccc(N)n2)c(C)c1. The number of nitrogens with zero attached hydrogens (tertiary/aromatic N) is 3. The first-order chi connectivity index (χ1) is 16.6. The van der Waals surface area contributed by atoms with Crippen LogP contribution in [0.3, 0.4) is 0 Å². The van der Waals surface area contributed by atoms with E-state index in [0.29, 0.717) is 11.6 Å². The molecule has 9 nitrogen and oxygen atoms in total. The lowest BCUT2D eigenvalue weighted by Gasteiger charge is -2.28. The number of nitrogen functional groups attached to an aromatic ring is 1. The van der Waals surface area contributed by atoms with Gasteiger partial charge in [-0.25, -0.2) is 9.71 Å². The molecule has 2 aromatic heterocycles. The van der Waals surface area contributed by atoms with Crippen molar-refractivity contribution >= 4 is 27.6 Å². The van der Waals surface area contributed by atoms with Gasteiger partial charge in [-0.2, -0.15) is 13.4 Å². The number of aryl methyl sites for hydroxylation is 3. The second kappa shape index (κ2) is 9.91. The molecule has 0 saturated carbocycles. The highest BCUT2D eigenvalue weighted by molar-refractivity contribution is 7.90. The molecule has 4 rings (SSSR count). The summed E-state index contributed by atoms with van der Waals surface area (Å²) in [5, 5.41) is -0.351. The van der Waals surface area contributed by atoms with E-state index < -0.39 is 15.9 Å². The number of hydrogen-bond acceptors (Lipinski definition) is 8. The highest BCUT2D eigenvalue weighted by atomic mass is 32.2. The fraction of sp³-hybridized carbons (Fsp3) is 0.320. The topological polar surface area (TPSA) is 128 Å². The van der Waals surface area contributed by atoms with E-state index in [1.165, 1.54) is 18.2 Å². The van der Waals surface area contributed by atoms with Gasteiger partial charge in [-0.05, 0) is 75.4 Å². The van der Waals surface area contributed by atoms with E-state index in [4.69, 9.17) is 10.5 Å². The Balaban J connectivity index is 1.72. The van der Waals surface area contributed by atoms with Gasteiger partial charge >= 0.3 is 0 Å². The molecule has 3 aromatic rings. The second-order valence-corrected chi connectivity index (χ2v) is 10.4. The maximum absolute atomic E-state index is 13.2. The van der Waals surface area contributed by atoms with Crippen LogP contribution in [0.4, 0.5) is 11.6 Å². The van der Waals surface area contributed by atoms with Crippen molar-refractivity contribution in [3.05, 3.63) is 64.7 Å². The highest BCUT2D eigenvalue weighted by Crippen LogP contribution is 2.32. The number of benzene rings is 1. The molecular formula is C25H29N5O4S. The van der Waals surface area contributed by atoms with Gasteiger partial charge in [0, 0.05) is 13.1 Å². The molecule has 1 saturated heterocycles. The Labute approximate surface area is 205 Å². The number of nitrogens with one attached hydrogen (secondary N) is 1. The predicted molar refractivity (Wildman–Crippen MR) is 134 cm³/mol. The Kier molecular flexibility index (Phi) is 6.93. The van der Waals surface area contributed by atoms with Crippen LogP contribution in [0, 0.1) is 20.8 Å². The zero-order valence-corrected chi connectivity index (χ0v) is 20.9. The number of nitrogens with two attached hydrogens (primary N) is 1. The van der Waals surface area contributed by atoms with Crippen molar-refractivity contribution in [2.75, 3.05) is 23.7 Å². The molecule has 1 amide bonds. The molecule has 35 heavy (non-hydrogen) atoms. The number of anilines is 2. The van der Waals surface area contributed by atoms with E-state index >= 15 is 0 Å². The fourth-order valence-electron chi connectivity index (χ4n) is 4.21. The molecule has 0 aliphatic carbocycles. The predicted octanol–water partition coefficient (Wildman–Crippen LogP) is 3.89. The van der Waals surface area contributed by atoms with Gasteiger partial charge in [0.15, 0.2) is 5.03 Å². The minimum absolute atomic E-state index is 0.00221. The monoisotopic (exact) mass is 495 g/mol. The van der Waals surface area contributed by atoms with E-state index in [9.17, 15) is 13.2 Å². The first-order valence-corrected chi connectivity index (χ1v) is 12.9. The Morgan fingerprint density at radius 1 is 1.00 bits per heavy atom. The smallest absolute Gasteiger partial charge is 0.281 e. The van der Waals surface area contributed by atoms with E-state index in [0.717, 1.165) is 49.0 Å². The number of amides is 1. The summed E-state index contributed by atoms with van der Waals surface area (Å²) in [6.07, 6.45) is 3.28. The van der Waals surface area contributed by atoms with Crippen LogP contribution in [0.25, 0.3) is 0 Å². The van der Waals surface area contributed by atoms with Crippen LogP contribution < -0.4 is 20.1 Å². The highest BCUT2D eigenvalue weighted by Gasteiger charge is 2.25. The van der Waals surface area contributed by atoms with E-state index in [1.54, 1.807) is 12.1 Å². The van der Waals surface area contributed by atoms with Crippen LogP contribution in [0.15, 0.2) is 47.5 Å². The molecule has 1 fully saturated rings. The number of aromatic nitrogens is 2. The van der Waals surface area contributed by atoms with Gasteiger partial charge in [-0.1, -0.05) is 23.8 Å². The van der Waals surface area contributed by atoms with Gasteiger partial charge in [0.1, 0.15) is 22.9 Å². The van der Waals surface area contributed by atoms with Crippen LogP contribution in [0.5, 0.6) is 11.6 Å². The standard InChI is InChI=1S/C25H29N5O4S/c1-16-14-17(2)23(18(3)15-16)34-25-19(10-11-21(28-25)30-12-5-4-6-13-30)24(31)29-35(32,33)22-9-7-8-20(26)27-22/h7-11,14-15H,4-6,12-13H2,1-3H3,(H2,26,27)(H,29,31). The molecule has 3 N–H and O–H groups in total. The molecule has 0 radical (unpaired) electrons. The van der Waals surface area contributed by atoms with Gasteiger partial charge in [-0.15, -0.1) is 0 Å². The number of ether oxygens (including phenoxy) is 1. The second-order valence-electron chi connectivity index (χ2n) is 8.74. The number of carbonyl (C=O) groups excluding carboxylic acids is 1. The lowest BCUT2D eigenvalue weighted by molar-refractivity contribution is 0.0978. The Hall–Kier alpha value is -3.66. The van der Waals surface area contributed by atoms with Gasteiger partial charge in [0.2, 0.25) is 5.88 Å². The summed E-state index contributed by atoms with van der Waals surface area (Å²) in [5.74, 6) is 0.454. The van der Waals surface area contributed by atoms with Crippen molar-refractivity contribution in [2.45, 2.75) is 45.1 Å². The normalized spacial score (nSPS) is 14.0. The number of pyridine rings is 2. The maximum Gasteiger partial charge on any atom is 0.281 e. The van der Waals surface area contributed by atoms with Crippen molar-refractivity contribution in [2.24, 2.45) is 0 Å². The number of carbonyl (C=O) groups is 1. The summed E-state index contributed by atoms with van der Waals surface area (Å²) >= 11 is 0. The van der Waals surface area contributed by atoms with Crippen LogP contribution in [0.2, 0.25) is 0 Å². The third-order valence-corrected chi connectivity index (χ3v) is 7.05. The zero-order chi connectivity index (χ0) is 25.2.